The SMILES string of the molecule is CNCC1CC1c1cccc(COC)c1. The van der Waals surface area contributed by atoms with E-state index in [0.717, 1.165) is 25.0 Å². The number of nitrogens with one attached hydrogen (secondary N) is 1. The van der Waals surface area contributed by atoms with E-state index in [1.165, 1.54) is 17.5 Å². The highest BCUT2D eigenvalue weighted by molar-refractivity contribution is 5.30. The number of benzene rings is 1. The molecule has 0 radical (unpaired) electrons. The van der Waals surface area contributed by atoms with Crippen molar-refractivity contribution < 1.29 is 4.74 Å². The number of hydrogen-bond donors (Lipinski definition) is 1. The summed E-state index contributed by atoms with van der Waals surface area (Å²) in [5, 5.41) is 3.24. The van der Waals surface area contributed by atoms with Crippen LogP contribution in [0.3, 0.4) is 0 Å². The lowest BCUT2D eigenvalue weighted by Gasteiger charge is -2.04. The molecule has 1 fully saturated rings. The number of hydrogen-bond acceptors (Lipinski definition) is 2. The highest BCUT2D eigenvalue weighted by atomic mass is 16.5. The summed E-state index contributed by atoms with van der Waals surface area (Å²) in [4.78, 5) is 0. The van der Waals surface area contributed by atoms with Crippen molar-refractivity contribution in [3.63, 3.8) is 0 Å². The Labute approximate surface area is 91.6 Å². The van der Waals surface area contributed by atoms with Crippen LogP contribution in [0.4, 0.5) is 0 Å². The fraction of sp³-hybridized carbons (Fsp3) is 0.538. The fourth-order valence-electron chi connectivity index (χ4n) is 2.22. The fourth-order valence-corrected chi connectivity index (χ4v) is 2.22. The maximum atomic E-state index is 5.15. The van der Waals surface area contributed by atoms with Gasteiger partial charge in [-0.1, -0.05) is 24.3 Å². The molecule has 0 heterocycles. The van der Waals surface area contributed by atoms with Gasteiger partial charge in [0.1, 0.15) is 0 Å². The Balaban J connectivity index is 2.00. The smallest absolute Gasteiger partial charge is 0.0713 e. The van der Waals surface area contributed by atoms with E-state index >= 15 is 0 Å². The molecule has 1 aliphatic carbocycles. The average molecular weight is 205 g/mol. The Bertz CT molecular complexity index is 324. The molecule has 0 spiro atoms. The van der Waals surface area contributed by atoms with Gasteiger partial charge in [0.15, 0.2) is 0 Å². The molecule has 2 rings (SSSR count). The summed E-state index contributed by atoms with van der Waals surface area (Å²) < 4.78 is 5.15. The third-order valence-electron chi connectivity index (χ3n) is 3.08. The summed E-state index contributed by atoms with van der Waals surface area (Å²) in [5.41, 5.74) is 2.76. The third kappa shape index (κ3) is 2.58. The summed E-state index contributed by atoms with van der Waals surface area (Å²) in [6, 6.07) is 8.78. The standard InChI is InChI=1S/C13H19NO/c1-14-8-12-7-13(12)11-5-3-4-10(6-11)9-15-2/h3-6,12-14H,7-9H2,1-2H3. The van der Waals surface area contributed by atoms with Crippen LogP contribution in [0.25, 0.3) is 0 Å². The molecule has 0 bridgehead atoms. The monoisotopic (exact) mass is 205 g/mol. The molecule has 0 amide bonds. The van der Waals surface area contributed by atoms with Gasteiger partial charge in [-0.25, -0.2) is 0 Å². The third-order valence-corrected chi connectivity index (χ3v) is 3.08. The van der Waals surface area contributed by atoms with E-state index in [1.54, 1.807) is 7.11 Å². The minimum absolute atomic E-state index is 0.719. The molecule has 1 aromatic rings. The van der Waals surface area contributed by atoms with Gasteiger partial charge in [0, 0.05) is 7.11 Å². The topological polar surface area (TPSA) is 21.3 Å². The van der Waals surface area contributed by atoms with Crippen LogP contribution < -0.4 is 5.32 Å². The molecular weight excluding hydrogens is 186 g/mol. The lowest BCUT2D eigenvalue weighted by atomic mass is 10.1. The first kappa shape index (κ1) is 10.7. The van der Waals surface area contributed by atoms with Gasteiger partial charge in [-0.05, 0) is 43.0 Å². The Hall–Kier alpha value is -0.860. The normalized spacial score (nSPS) is 24.1. The van der Waals surface area contributed by atoms with Gasteiger partial charge in [-0.2, -0.15) is 0 Å². The quantitative estimate of drug-likeness (QED) is 0.795. The van der Waals surface area contributed by atoms with Crippen LogP contribution in [-0.4, -0.2) is 20.7 Å². The van der Waals surface area contributed by atoms with Crippen LogP contribution in [0.5, 0.6) is 0 Å². The molecule has 0 aromatic heterocycles. The first-order valence-corrected chi connectivity index (χ1v) is 5.57. The molecule has 82 valence electrons. The molecule has 2 heteroatoms. The second kappa shape index (κ2) is 4.77. The van der Waals surface area contributed by atoms with Crippen LogP contribution in [0.1, 0.15) is 23.5 Å². The van der Waals surface area contributed by atoms with Crippen molar-refractivity contribution in [1.29, 1.82) is 0 Å². The van der Waals surface area contributed by atoms with Crippen molar-refractivity contribution >= 4 is 0 Å². The first-order valence-electron chi connectivity index (χ1n) is 5.57. The Morgan fingerprint density at radius 2 is 2.33 bits per heavy atom. The van der Waals surface area contributed by atoms with E-state index in [-0.39, 0.29) is 0 Å². The van der Waals surface area contributed by atoms with E-state index < -0.39 is 0 Å². The van der Waals surface area contributed by atoms with Crippen LogP contribution in [0.2, 0.25) is 0 Å². The molecule has 1 aromatic carbocycles. The molecule has 15 heavy (non-hydrogen) atoms. The molecule has 2 atom stereocenters. The van der Waals surface area contributed by atoms with E-state index in [0.29, 0.717) is 0 Å². The molecule has 2 nitrogen and oxygen atoms in total. The van der Waals surface area contributed by atoms with Crippen molar-refractivity contribution in [2.75, 3.05) is 20.7 Å². The Morgan fingerprint density at radius 1 is 1.47 bits per heavy atom. The number of rotatable bonds is 5. The molecule has 1 aliphatic rings. The van der Waals surface area contributed by atoms with Crippen molar-refractivity contribution in [3.05, 3.63) is 35.4 Å². The van der Waals surface area contributed by atoms with E-state index in [9.17, 15) is 0 Å². The van der Waals surface area contributed by atoms with Gasteiger partial charge < -0.3 is 10.1 Å². The first-order chi connectivity index (χ1) is 7.35. The molecule has 2 unspecified atom stereocenters. The highest BCUT2D eigenvalue weighted by Crippen LogP contribution is 2.46. The van der Waals surface area contributed by atoms with Crippen LogP contribution >= 0.6 is 0 Å². The lowest BCUT2D eigenvalue weighted by Crippen LogP contribution is -2.10. The summed E-state index contributed by atoms with van der Waals surface area (Å²) >= 11 is 0. The second-order valence-corrected chi connectivity index (χ2v) is 4.34. The molecule has 1 saturated carbocycles. The Kier molecular flexibility index (Phi) is 3.39. The molecule has 1 N–H and O–H groups in total. The van der Waals surface area contributed by atoms with E-state index in [4.69, 9.17) is 4.74 Å². The number of methoxy groups -OCH3 is 1. The van der Waals surface area contributed by atoms with Crippen LogP contribution in [0.15, 0.2) is 24.3 Å². The van der Waals surface area contributed by atoms with Crippen LogP contribution in [-0.2, 0) is 11.3 Å². The predicted molar refractivity (Wildman–Crippen MR) is 61.9 cm³/mol. The van der Waals surface area contributed by atoms with Crippen LogP contribution in [0, 0.1) is 5.92 Å². The van der Waals surface area contributed by atoms with Gasteiger partial charge >= 0.3 is 0 Å². The minimum Gasteiger partial charge on any atom is -0.380 e. The van der Waals surface area contributed by atoms with E-state index in [1.807, 2.05) is 7.05 Å². The molecule has 0 saturated heterocycles. The van der Waals surface area contributed by atoms with E-state index in [2.05, 4.69) is 29.6 Å². The zero-order chi connectivity index (χ0) is 10.7. The van der Waals surface area contributed by atoms with Gasteiger partial charge in [0.25, 0.3) is 0 Å². The average Bonchev–Trinajstić information content (AvgIpc) is 2.99. The molecular formula is C13H19NO. The largest absolute Gasteiger partial charge is 0.380 e. The molecule has 0 aliphatic heterocycles. The van der Waals surface area contributed by atoms with Gasteiger partial charge in [-0.15, -0.1) is 0 Å². The highest BCUT2D eigenvalue weighted by Gasteiger charge is 2.37. The van der Waals surface area contributed by atoms with Crippen molar-refractivity contribution in [1.82, 2.24) is 5.32 Å². The summed E-state index contributed by atoms with van der Waals surface area (Å²) in [6.45, 7) is 1.86. The van der Waals surface area contributed by atoms with Gasteiger partial charge in [0.2, 0.25) is 0 Å². The predicted octanol–water partition coefficient (Wildman–Crippen LogP) is 2.16. The maximum absolute atomic E-state index is 5.15. The number of ether oxygens (including phenoxy) is 1. The van der Waals surface area contributed by atoms with Crippen molar-refractivity contribution in [2.24, 2.45) is 5.92 Å². The zero-order valence-corrected chi connectivity index (χ0v) is 9.49. The Morgan fingerprint density at radius 3 is 3.07 bits per heavy atom. The van der Waals surface area contributed by atoms with Crippen molar-refractivity contribution in [3.8, 4) is 0 Å². The van der Waals surface area contributed by atoms with Gasteiger partial charge in [0.05, 0.1) is 6.61 Å². The maximum Gasteiger partial charge on any atom is 0.0713 e. The summed E-state index contributed by atoms with van der Waals surface area (Å²) in [6.07, 6.45) is 1.33. The summed E-state index contributed by atoms with van der Waals surface area (Å²) in [7, 11) is 3.77. The van der Waals surface area contributed by atoms with Crippen molar-refractivity contribution in [2.45, 2.75) is 18.9 Å². The lowest BCUT2D eigenvalue weighted by molar-refractivity contribution is 0.185. The zero-order valence-electron chi connectivity index (χ0n) is 9.49. The van der Waals surface area contributed by atoms with Gasteiger partial charge in [-0.3, -0.25) is 0 Å². The second-order valence-electron chi connectivity index (χ2n) is 4.34. The minimum atomic E-state index is 0.719. The summed E-state index contributed by atoms with van der Waals surface area (Å²) in [5.74, 6) is 1.61.